The highest BCUT2D eigenvalue weighted by Crippen LogP contribution is 2.11. The van der Waals surface area contributed by atoms with Crippen molar-refractivity contribution in [1.82, 2.24) is 0 Å². The van der Waals surface area contributed by atoms with Gasteiger partial charge in [0, 0.05) is 31.9 Å². The molecule has 0 rings (SSSR count). The van der Waals surface area contributed by atoms with Crippen LogP contribution in [-0.4, -0.2) is 31.9 Å². The number of rotatable bonds is 15. The molecule has 0 aliphatic carbocycles. The minimum absolute atomic E-state index is 0.0574. The van der Waals surface area contributed by atoms with Crippen molar-refractivity contribution in [3.8, 4) is 0 Å². The van der Waals surface area contributed by atoms with Gasteiger partial charge >= 0.3 is 0 Å². The molecule has 20 heavy (non-hydrogen) atoms. The van der Waals surface area contributed by atoms with E-state index in [-0.39, 0.29) is 31.9 Å². The Morgan fingerprint density at radius 3 is 1.25 bits per heavy atom. The van der Waals surface area contributed by atoms with Crippen molar-refractivity contribution in [1.29, 1.82) is 0 Å². The fourth-order valence-electron chi connectivity index (χ4n) is 2.37. The summed E-state index contributed by atoms with van der Waals surface area (Å²) >= 11 is 0. The van der Waals surface area contributed by atoms with Crippen LogP contribution >= 0.6 is 0 Å². The van der Waals surface area contributed by atoms with Crippen molar-refractivity contribution >= 4 is 19.0 Å². The van der Waals surface area contributed by atoms with Gasteiger partial charge in [-0.1, -0.05) is 49.9 Å². The molecule has 0 heterocycles. The molecule has 6 heteroatoms. The van der Waals surface area contributed by atoms with E-state index in [1.54, 1.807) is 0 Å². The van der Waals surface area contributed by atoms with E-state index in [0.29, 0.717) is 12.8 Å². The molecule has 0 aliphatic rings. The van der Waals surface area contributed by atoms with E-state index in [1.165, 1.54) is 24.2 Å². The molecule has 0 aromatic rings. The van der Waals surface area contributed by atoms with Gasteiger partial charge in [-0.2, -0.15) is 0 Å². The predicted molar refractivity (Wildman–Crippen MR) is 85.3 cm³/mol. The molecule has 0 aromatic heterocycles. The van der Waals surface area contributed by atoms with E-state index in [2.05, 4.69) is 0 Å². The monoisotopic (exact) mass is 330 g/mol. The third kappa shape index (κ3) is 18.2. The maximum atomic E-state index is 11.9. The fourth-order valence-corrected chi connectivity index (χ4v) is 7.31. The molecule has 0 amide bonds. The standard InChI is InChI=1S/C14H30F4Si2/c15-13(16)7-3-1-5-9-19-11-12-20-10-6-2-4-8-14(17)18/h13-14H,1-12,19-20H2. The van der Waals surface area contributed by atoms with Crippen molar-refractivity contribution in [2.75, 3.05) is 0 Å². The summed E-state index contributed by atoms with van der Waals surface area (Å²) in [5.41, 5.74) is 0. The number of hydrogen-bond acceptors (Lipinski definition) is 0. The largest absolute Gasteiger partial charge is 0.238 e. The second-order valence-electron chi connectivity index (χ2n) is 5.60. The summed E-state index contributed by atoms with van der Waals surface area (Å²) in [5.74, 6) is 0. The first-order valence-electron chi connectivity index (χ1n) is 8.19. The van der Waals surface area contributed by atoms with Gasteiger partial charge in [-0.25, -0.2) is 17.6 Å². The lowest BCUT2D eigenvalue weighted by atomic mass is 10.2. The van der Waals surface area contributed by atoms with Gasteiger partial charge < -0.3 is 0 Å². The van der Waals surface area contributed by atoms with E-state index in [1.807, 2.05) is 0 Å². The van der Waals surface area contributed by atoms with Crippen LogP contribution < -0.4 is 0 Å². The van der Waals surface area contributed by atoms with E-state index in [4.69, 9.17) is 0 Å². The lowest BCUT2D eigenvalue weighted by Gasteiger charge is -2.02. The summed E-state index contributed by atoms with van der Waals surface area (Å²) in [6, 6.07) is 5.45. The smallest absolute Gasteiger partial charge is 0.211 e. The Bertz CT molecular complexity index is 172. The van der Waals surface area contributed by atoms with Gasteiger partial charge in [0.05, 0.1) is 0 Å². The first-order valence-corrected chi connectivity index (χ1v) is 12.2. The van der Waals surface area contributed by atoms with Crippen LogP contribution in [-0.2, 0) is 0 Å². The Kier molecular flexibility index (Phi) is 15.7. The molecule has 122 valence electrons. The maximum absolute atomic E-state index is 11.9. The first-order chi connectivity index (χ1) is 9.63. The number of unbranched alkanes of at least 4 members (excludes halogenated alkanes) is 4. The zero-order valence-corrected chi connectivity index (χ0v) is 15.4. The van der Waals surface area contributed by atoms with Crippen molar-refractivity contribution in [2.45, 2.75) is 88.4 Å². The van der Waals surface area contributed by atoms with Crippen LogP contribution in [0.15, 0.2) is 0 Å². The maximum Gasteiger partial charge on any atom is 0.238 e. The SMILES string of the molecule is FC(F)CCCCC[SiH2]CC[SiH2]CCCCCC(F)F. The Labute approximate surface area is 125 Å². The molecule has 0 saturated heterocycles. The molecule has 0 saturated carbocycles. The van der Waals surface area contributed by atoms with Crippen LogP contribution in [0.1, 0.15) is 51.4 Å². The summed E-state index contributed by atoms with van der Waals surface area (Å²) in [7, 11) is 0.115. The highest BCUT2D eigenvalue weighted by atomic mass is 28.2. The summed E-state index contributed by atoms with van der Waals surface area (Å²) in [5, 5.41) is 0. The van der Waals surface area contributed by atoms with Crippen molar-refractivity contribution in [2.24, 2.45) is 0 Å². The van der Waals surface area contributed by atoms with Crippen LogP contribution in [0.3, 0.4) is 0 Å². The minimum atomic E-state index is -2.13. The molecule has 0 unspecified atom stereocenters. The van der Waals surface area contributed by atoms with Gasteiger partial charge in [-0.15, -0.1) is 0 Å². The Hall–Kier alpha value is 0.154. The summed E-state index contributed by atoms with van der Waals surface area (Å²) < 4.78 is 47.5. The topological polar surface area (TPSA) is 0 Å². The third-order valence-corrected chi connectivity index (χ3v) is 8.59. The molecule has 0 N–H and O–H groups in total. The lowest BCUT2D eigenvalue weighted by molar-refractivity contribution is 0.133. The normalized spacial score (nSPS) is 12.9. The zero-order chi connectivity index (χ0) is 15.1. The van der Waals surface area contributed by atoms with E-state index >= 15 is 0 Å². The molecule has 0 radical (unpaired) electrons. The van der Waals surface area contributed by atoms with E-state index in [9.17, 15) is 17.6 Å². The lowest BCUT2D eigenvalue weighted by Crippen LogP contribution is -1.96. The molecular weight excluding hydrogens is 300 g/mol. The Morgan fingerprint density at radius 1 is 0.500 bits per heavy atom. The number of alkyl halides is 4. The molecule has 0 fully saturated rings. The first kappa shape index (κ1) is 20.2. The second-order valence-corrected chi connectivity index (χ2v) is 9.84. The van der Waals surface area contributed by atoms with Gasteiger partial charge in [0.2, 0.25) is 12.9 Å². The quantitative estimate of drug-likeness (QED) is 0.233. The van der Waals surface area contributed by atoms with Crippen LogP contribution in [0.2, 0.25) is 24.2 Å². The van der Waals surface area contributed by atoms with Gasteiger partial charge in [-0.3, -0.25) is 0 Å². The van der Waals surface area contributed by atoms with Crippen LogP contribution in [0.25, 0.3) is 0 Å². The molecule has 0 aliphatic heterocycles. The summed E-state index contributed by atoms with van der Waals surface area (Å²) in [6.45, 7) is 0. The van der Waals surface area contributed by atoms with Gasteiger partial charge in [0.25, 0.3) is 0 Å². The van der Waals surface area contributed by atoms with Crippen molar-refractivity contribution in [3.63, 3.8) is 0 Å². The van der Waals surface area contributed by atoms with Crippen molar-refractivity contribution in [3.05, 3.63) is 0 Å². The molecule has 0 atom stereocenters. The number of halogens is 4. The Morgan fingerprint density at radius 2 is 0.900 bits per heavy atom. The van der Waals surface area contributed by atoms with E-state index in [0.717, 1.165) is 25.7 Å². The molecule has 0 nitrogen and oxygen atoms in total. The minimum Gasteiger partial charge on any atom is -0.211 e. The second kappa shape index (κ2) is 15.5. The van der Waals surface area contributed by atoms with E-state index < -0.39 is 12.9 Å². The van der Waals surface area contributed by atoms with Gasteiger partial charge in [0.1, 0.15) is 0 Å². The molecule has 0 bridgehead atoms. The predicted octanol–water partition coefficient (Wildman–Crippen LogP) is 4.65. The molecule has 0 spiro atoms. The average Bonchev–Trinajstić information content (AvgIpc) is 2.38. The average molecular weight is 331 g/mol. The van der Waals surface area contributed by atoms with Crippen LogP contribution in [0.4, 0.5) is 17.6 Å². The van der Waals surface area contributed by atoms with Gasteiger partial charge in [0.15, 0.2) is 0 Å². The highest BCUT2D eigenvalue weighted by Gasteiger charge is 2.02. The van der Waals surface area contributed by atoms with Crippen molar-refractivity contribution < 1.29 is 17.6 Å². The third-order valence-electron chi connectivity index (χ3n) is 3.59. The Balaban J connectivity index is 2.96. The number of hydrogen-bond donors (Lipinski definition) is 0. The molecular formula is C14H30F4Si2. The molecule has 0 aromatic carbocycles. The zero-order valence-electron chi connectivity index (χ0n) is 12.6. The van der Waals surface area contributed by atoms with Gasteiger partial charge in [-0.05, 0) is 12.8 Å². The summed E-state index contributed by atoms with van der Waals surface area (Å²) in [6.07, 6.45) is 1.48. The fraction of sp³-hybridized carbons (Fsp3) is 1.00. The summed E-state index contributed by atoms with van der Waals surface area (Å²) in [4.78, 5) is 0. The van der Waals surface area contributed by atoms with Crippen LogP contribution in [0, 0.1) is 0 Å². The van der Waals surface area contributed by atoms with Crippen LogP contribution in [0.5, 0.6) is 0 Å². The highest BCUT2D eigenvalue weighted by molar-refractivity contribution is 6.42.